The van der Waals surface area contributed by atoms with Gasteiger partial charge < -0.3 is 15.3 Å². The van der Waals surface area contributed by atoms with Crippen molar-refractivity contribution in [1.82, 2.24) is 10.2 Å². The van der Waals surface area contributed by atoms with Crippen LogP contribution in [-0.2, 0) is 4.79 Å². The first kappa shape index (κ1) is 14.8. The fourth-order valence-electron chi connectivity index (χ4n) is 3.54. The van der Waals surface area contributed by atoms with Gasteiger partial charge in [0.05, 0.1) is 0 Å². The first-order valence-corrected chi connectivity index (χ1v) is 7.58. The highest BCUT2D eigenvalue weighted by atomic mass is 16.4. The topological polar surface area (TPSA) is 52.6 Å². The normalized spacial score (nSPS) is 33.4. The van der Waals surface area contributed by atoms with E-state index in [1.54, 1.807) is 0 Å². The van der Waals surface area contributed by atoms with E-state index >= 15 is 0 Å². The van der Waals surface area contributed by atoms with Gasteiger partial charge in [0.15, 0.2) is 0 Å². The average molecular weight is 268 g/mol. The highest BCUT2D eigenvalue weighted by Gasteiger charge is 2.41. The maximum absolute atomic E-state index is 11.3. The van der Waals surface area contributed by atoms with E-state index in [9.17, 15) is 9.90 Å². The van der Waals surface area contributed by atoms with Crippen molar-refractivity contribution < 1.29 is 9.90 Å². The lowest BCUT2D eigenvalue weighted by molar-refractivity contribution is -0.140. The van der Waals surface area contributed by atoms with Gasteiger partial charge in [0, 0.05) is 12.1 Å². The van der Waals surface area contributed by atoms with Crippen molar-refractivity contribution in [3.63, 3.8) is 0 Å². The van der Waals surface area contributed by atoms with Crippen LogP contribution >= 0.6 is 0 Å². The number of nitrogens with zero attached hydrogens (tertiary/aromatic N) is 1. The van der Waals surface area contributed by atoms with E-state index in [4.69, 9.17) is 0 Å². The highest BCUT2D eigenvalue weighted by molar-refractivity contribution is 5.74. The molecule has 0 bridgehead atoms. The Bertz CT molecular complexity index is 328. The molecule has 0 aliphatic heterocycles. The van der Waals surface area contributed by atoms with Crippen molar-refractivity contribution in [3.05, 3.63) is 0 Å². The van der Waals surface area contributed by atoms with Crippen molar-refractivity contribution in [3.8, 4) is 0 Å². The quantitative estimate of drug-likeness (QED) is 0.773. The predicted octanol–water partition coefficient (Wildman–Crippen LogP) is 1.95. The molecule has 4 nitrogen and oxygen atoms in total. The second kappa shape index (κ2) is 5.80. The number of likely N-dealkylation sites (N-methyl/N-ethyl adjacent to an activating group) is 1. The number of carbonyl (C=O) groups is 1. The molecule has 0 saturated heterocycles. The first-order chi connectivity index (χ1) is 8.94. The van der Waals surface area contributed by atoms with Gasteiger partial charge in [-0.15, -0.1) is 0 Å². The number of rotatable bonds is 6. The van der Waals surface area contributed by atoms with E-state index in [0.29, 0.717) is 5.92 Å². The average Bonchev–Trinajstić information content (AvgIpc) is 3.13. The Morgan fingerprint density at radius 2 is 2.11 bits per heavy atom. The number of hydrogen-bond donors (Lipinski definition) is 2. The molecule has 2 saturated carbocycles. The molecule has 3 unspecified atom stereocenters. The lowest BCUT2D eigenvalue weighted by Crippen LogP contribution is -2.57. The molecule has 0 aromatic rings. The van der Waals surface area contributed by atoms with Gasteiger partial charge in [0.2, 0.25) is 0 Å². The SMILES string of the molecule is CC1CCCC(CNC(C(=O)O)C2CC2)(N(C)C)C1. The number of nitrogens with one attached hydrogen (secondary N) is 1. The summed E-state index contributed by atoms with van der Waals surface area (Å²) in [5.74, 6) is 0.417. The van der Waals surface area contributed by atoms with Gasteiger partial charge in [-0.1, -0.05) is 19.8 Å². The Kier molecular flexibility index (Phi) is 4.51. The third-order valence-electron chi connectivity index (χ3n) is 5.03. The van der Waals surface area contributed by atoms with E-state index in [2.05, 4.69) is 31.2 Å². The minimum absolute atomic E-state index is 0.139. The van der Waals surface area contributed by atoms with Crippen LogP contribution in [0, 0.1) is 11.8 Å². The highest BCUT2D eigenvalue weighted by Crippen LogP contribution is 2.37. The monoisotopic (exact) mass is 268 g/mol. The predicted molar refractivity (Wildman–Crippen MR) is 76.2 cm³/mol. The summed E-state index contributed by atoms with van der Waals surface area (Å²) in [6.07, 6.45) is 7.03. The van der Waals surface area contributed by atoms with E-state index < -0.39 is 5.97 Å². The number of aliphatic carboxylic acids is 1. The van der Waals surface area contributed by atoms with Crippen LogP contribution in [0.15, 0.2) is 0 Å². The fourth-order valence-corrected chi connectivity index (χ4v) is 3.54. The van der Waals surface area contributed by atoms with Gasteiger partial charge in [0.25, 0.3) is 0 Å². The number of hydrogen-bond acceptors (Lipinski definition) is 3. The molecule has 110 valence electrons. The molecule has 2 rings (SSSR count). The van der Waals surface area contributed by atoms with E-state index in [0.717, 1.165) is 25.3 Å². The van der Waals surface area contributed by atoms with Crippen molar-refractivity contribution in [2.24, 2.45) is 11.8 Å². The molecule has 19 heavy (non-hydrogen) atoms. The van der Waals surface area contributed by atoms with E-state index in [1.165, 1.54) is 25.7 Å². The van der Waals surface area contributed by atoms with Crippen LogP contribution in [0.1, 0.15) is 45.4 Å². The molecule has 0 aromatic heterocycles. The van der Waals surface area contributed by atoms with Gasteiger partial charge in [-0.2, -0.15) is 0 Å². The minimum atomic E-state index is -0.680. The van der Waals surface area contributed by atoms with Gasteiger partial charge in [-0.05, 0) is 51.6 Å². The molecule has 0 amide bonds. The minimum Gasteiger partial charge on any atom is -0.480 e. The Balaban J connectivity index is 1.98. The summed E-state index contributed by atoms with van der Waals surface area (Å²) in [6, 6.07) is -0.339. The maximum Gasteiger partial charge on any atom is 0.320 e. The summed E-state index contributed by atoms with van der Waals surface area (Å²) >= 11 is 0. The Morgan fingerprint density at radius 3 is 2.58 bits per heavy atom. The fraction of sp³-hybridized carbons (Fsp3) is 0.933. The molecule has 2 aliphatic carbocycles. The summed E-state index contributed by atoms with van der Waals surface area (Å²) < 4.78 is 0. The first-order valence-electron chi connectivity index (χ1n) is 7.58. The molecule has 4 heteroatoms. The largest absolute Gasteiger partial charge is 0.480 e. The van der Waals surface area contributed by atoms with Crippen LogP contribution in [-0.4, -0.2) is 48.2 Å². The van der Waals surface area contributed by atoms with Crippen molar-refractivity contribution in [2.75, 3.05) is 20.6 Å². The summed E-state index contributed by atoms with van der Waals surface area (Å²) in [6.45, 7) is 3.12. The van der Waals surface area contributed by atoms with Gasteiger partial charge >= 0.3 is 5.97 Å². The summed E-state index contributed by atoms with van der Waals surface area (Å²) in [5.41, 5.74) is 0.139. The Labute approximate surface area is 116 Å². The second-order valence-electron chi connectivity index (χ2n) is 6.85. The molecule has 0 aromatic carbocycles. The molecular weight excluding hydrogens is 240 g/mol. The van der Waals surface area contributed by atoms with Gasteiger partial charge in [-0.3, -0.25) is 4.79 Å². The van der Waals surface area contributed by atoms with Gasteiger partial charge in [-0.25, -0.2) is 0 Å². The summed E-state index contributed by atoms with van der Waals surface area (Å²) in [7, 11) is 4.26. The standard InChI is InChI=1S/C15H28N2O2/c1-11-5-4-8-15(9-11,17(2)3)10-16-13(14(18)19)12-6-7-12/h11-13,16H,4-10H2,1-3H3,(H,18,19). The Hall–Kier alpha value is -0.610. The zero-order valence-electron chi connectivity index (χ0n) is 12.5. The number of carboxylic acids is 1. The smallest absolute Gasteiger partial charge is 0.320 e. The van der Waals surface area contributed by atoms with Crippen LogP contribution in [0.25, 0.3) is 0 Å². The maximum atomic E-state index is 11.3. The molecule has 0 radical (unpaired) electrons. The summed E-state index contributed by atoms with van der Waals surface area (Å²) in [4.78, 5) is 13.6. The zero-order valence-corrected chi connectivity index (χ0v) is 12.5. The molecule has 0 heterocycles. The van der Waals surface area contributed by atoms with Crippen LogP contribution in [0.4, 0.5) is 0 Å². The van der Waals surface area contributed by atoms with Gasteiger partial charge in [0.1, 0.15) is 6.04 Å². The molecule has 0 spiro atoms. The van der Waals surface area contributed by atoms with E-state index in [1.807, 2.05) is 0 Å². The second-order valence-corrected chi connectivity index (χ2v) is 6.85. The van der Waals surface area contributed by atoms with Crippen molar-refractivity contribution in [2.45, 2.75) is 57.0 Å². The van der Waals surface area contributed by atoms with Crippen LogP contribution < -0.4 is 5.32 Å². The number of carboxylic acid groups (broad SMARTS) is 1. The third kappa shape index (κ3) is 3.48. The van der Waals surface area contributed by atoms with Crippen LogP contribution in [0.5, 0.6) is 0 Å². The van der Waals surface area contributed by atoms with Crippen LogP contribution in [0.2, 0.25) is 0 Å². The molecule has 2 fully saturated rings. The van der Waals surface area contributed by atoms with Crippen molar-refractivity contribution in [1.29, 1.82) is 0 Å². The third-order valence-corrected chi connectivity index (χ3v) is 5.03. The van der Waals surface area contributed by atoms with Crippen molar-refractivity contribution >= 4 is 5.97 Å². The molecule has 2 aliphatic rings. The lowest BCUT2D eigenvalue weighted by atomic mass is 9.75. The summed E-state index contributed by atoms with van der Waals surface area (Å²) in [5, 5.41) is 12.7. The zero-order chi connectivity index (χ0) is 14.0. The molecule has 2 N–H and O–H groups in total. The van der Waals surface area contributed by atoms with Crippen LogP contribution in [0.3, 0.4) is 0 Å². The lowest BCUT2D eigenvalue weighted by Gasteiger charge is -2.46. The van der Waals surface area contributed by atoms with E-state index in [-0.39, 0.29) is 11.6 Å². The molecule has 3 atom stereocenters. The molecular formula is C15H28N2O2. The Morgan fingerprint density at radius 1 is 1.42 bits per heavy atom.